The van der Waals surface area contributed by atoms with Crippen molar-refractivity contribution in [1.82, 2.24) is 0 Å². The maximum Gasteiger partial charge on any atom is 0.339 e. The van der Waals surface area contributed by atoms with Crippen LogP contribution in [-0.2, 0) is 0 Å². The molecule has 0 saturated heterocycles. The quantitative estimate of drug-likeness (QED) is 0.888. The number of aromatic carboxylic acids is 1. The van der Waals surface area contributed by atoms with Gasteiger partial charge in [-0.2, -0.15) is 0 Å². The van der Waals surface area contributed by atoms with Crippen LogP contribution in [0.5, 0.6) is 0 Å². The van der Waals surface area contributed by atoms with Crippen LogP contribution in [0, 0.1) is 13.8 Å². The monoisotopic (exact) mass is 258 g/mol. The third kappa shape index (κ3) is 2.41. The Balaban J connectivity index is 2.55. The summed E-state index contributed by atoms with van der Waals surface area (Å²) in [6.07, 6.45) is 0. The number of aryl methyl sites for hydroxylation is 2. The average Bonchev–Trinajstić information content (AvgIpc) is 2.64. The lowest BCUT2D eigenvalue weighted by Crippen LogP contribution is -1.99. The van der Waals surface area contributed by atoms with Gasteiger partial charge < -0.3 is 9.52 Å². The SMILES string of the molecule is Cc1oc(C)c(-c2ccc(C(C)C)cc2)c1C(=O)O. The van der Waals surface area contributed by atoms with Gasteiger partial charge in [0, 0.05) is 5.56 Å². The average molecular weight is 258 g/mol. The van der Waals surface area contributed by atoms with Crippen LogP contribution in [0.4, 0.5) is 0 Å². The highest BCUT2D eigenvalue weighted by Crippen LogP contribution is 2.32. The summed E-state index contributed by atoms with van der Waals surface area (Å²) in [5.74, 6) is 0.609. The highest BCUT2D eigenvalue weighted by Gasteiger charge is 2.22. The molecule has 0 radical (unpaired) electrons. The van der Waals surface area contributed by atoms with Crippen LogP contribution < -0.4 is 0 Å². The van der Waals surface area contributed by atoms with E-state index >= 15 is 0 Å². The van der Waals surface area contributed by atoms with Crippen LogP contribution in [0.25, 0.3) is 11.1 Å². The number of carboxylic acid groups (broad SMARTS) is 1. The van der Waals surface area contributed by atoms with Crippen LogP contribution in [0.2, 0.25) is 0 Å². The van der Waals surface area contributed by atoms with Gasteiger partial charge in [-0.3, -0.25) is 0 Å². The number of carboxylic acids is 1. The van der Waals surface area contributed by atoms with Gasteiger partial charge in [0.2, 0.25) is 0 Å². The van der Waals surface area contributed by atoms with Crippen molar-refractivity contribution in [2.24, 2.45) is 0 Å². The molecule has 0 aliphatic rings. The lowest BCUT2D eigenvalue weighted by Gasteiger charge is -2.07. The Hall–Kier alpha value is -2.03. The van der Waals surface area contributed by atoms with Crippen molar-refractivity contribution in [3.05, 3.63) is 46.9 Å². The number of furan rings is 1. The van der Waals surface area contributed by atoms with Gasteiger partial charge in [-0.05, 0) is 30.9 Å². The first kappa shape index (κ1) is 13.4. The summed E-state index contributed by atoms with van der Waals surface area (Å²) in [6, 6.07) is 7.99. The third-order valence-electron chi connectivity index (χ3n) is 3.34. The predicted molar refractivity (Wildman–Crippen MR) is 74.7 cm³/mol. The summed E-state index contributed by atoms with van der Waals surface area (Å²) in [6.45, 7) is 7.74. The van der Waals surface area contributed by atoms with Crippen molar-refractivity contribution in [2.75, 3.05) is 0 Å². The third-order valence-corrected chi connectivity index (χ3v) is 3.34. The smallest absolute Gasteiger partial charge is 0.339 e. The predicted octanol–water partition coefficient (Wildman–Crippen LogP) is 4.39. The second-order valence-corrected chi connectivity index (χ2v) is 5.05. The van der Waals surface area contributed by atoms with Crippen LogP contribution >= 0.6 is 0 Å². The van der Waals surface area contributed by atoms with Gasteiger partial charge in [-0.15, -0.1) is 0 Å². The van der Waals surface area contributed by atoms with E-state index in [4.69, 9.17) is 4.42 Å². The lowest BCUT2D eigenvalue weighted by molar-refractivity contribution is 0.0696. The Morgan fingerprint density at radius 3 is 2.16 bits per heavy atom. The summed E-state index contributed by atoms with van der Waals surface area (Å²) in [4.78, 5) is 11.3. The van der Waals surface area contributed by atoms with Crippen molar-refractivity contribution in [1.29, 1.82) is 0 Å². The maximum absolute atomic E-state index is 11.3. The van der Waals surface area contributed by atoms with Gasteiger partial charge in [-0.25, -0.2) is 4.79 Å². The van der Waals surface area contributed by atoms with Crippen molar-refractivity contribution in [3.8, 4) is 11.1 Å². The largest absolute Gasteiger partial charge is 0.478 e. The lowest BCUT2D eigenvalue weighted by atomic mass is 9.96. The van der Waals surface area contributed by atoms with E-state index in [0.29, 0.717) is 23.0 Å². The molecular formula is C16H18O3. The zero-order chi connectivity index (χ0) is 14.2. The van der Waals surface area contributed by atoms with E-state index in [1.54, 1.807) is 13.8 Å². The van der Waals surface area contributed by atoms with E-state index < -0.39 is 5.97 Å². The van der Waals surface area contributed by atoms with Gasteiger partial charge in [0.15, 0.2) is 0 Å². The minimum absolute atomic E-state index is 0.259. The number of rotatable bonds is 3. The number of carbonyl (C=O) groups is 1. The van der Waals surface area contributed by atoms with E-state index in [1.165, 1.54) is 5.56 Å². The molecule has 0 amide bonds. The second kappa shape index (κ2) is 4.92. The fourth-order valence-electron chi connectivity index (χ4n) is 2.32. The fraction of sp³-hybridized carbons (Fsp3) is 0.312. The highest BCUT2D eigenvalue weighted by atomic mass is 16.4. The molecule has 0 aliphatic heterocycles. The topological polar surface area (TPSA) is 50.4 Å². The number of hydrogen-bond acceptors (Lipinski definition) is 2. The van der Waals surface area contributed by atoms with Crippen LogP contribution in [0.3, 0.4) is 0 Å². The molecule has 19 heavy (non-hydrogen) atoms. The van der Waals surface area contributed by atoms with E-state index in [2.05, 4.69) is 13.8 Å². The molecule has 3 heteroatoms. The van der Waals surface area contributed by atoms with Crippen molar-refractivity contribution >= 4 is 5.97 Å². The molecule has 1 N–H and O–H groups in total. The van der Waals surface area contributed by atoms with Gasteiger partial charge in [-0.1, -0.05) is 38.1 Å². The molecule has 2 rings (SSSR count). The summed E-state index contributed by atoms with van der Waals surface area (Å²) < 4.78 is 5.46. The molecule has 0 unspecified atom stereocenters. The molecule has 1 heterocycles. The fourth-order valence-corrected chi connectivity index (χ4v) is 2.32. The molecule has 3 nitrogen and oxygen atoms in total. The highest BCUT2D eigenvalue weighted by molar-refractivity contribution is 5.97. The Morgan fingerprint density at radius 1 is 1.11 bits per heavy atom. The van der Waals surface area contributed by atoms with E-state index in [1.807, 2.05) is 24.3 Å². The maximum atomic E-state index is 11.3. The minimum Gasteiger partial charge on any atom is -0.478 e. The molecule has 0 aliphatic carbocycles. The molecule has 0 saturated carbocycles. The van der Waals surface area contributed by atoms with Gasteiger partial charge in [0.25, 0.3) is 0 Å². The molecule has 0 spiro atoms. The van der Waals surface area contributed by atoms with Crippen molar-refractivity contribution in [3.63, 3.8) is 0 Å². The minimum atomic E-state index is -0.947. The summed E-state index contributed by atoms with van der Waals surface area (Å²) >= 11 is 0. The zero-order valence-electron chi connectivity index (χ0n) is 11.7. The van der Waals surface area contributed by atoms with Crippen molar-refractivity contribution in [2.45, 2.75) is 33.6 Å². The van der Waals surface area contributed by atoms with Gasteiger partial charge in [0.1, 0.15) is 17.1 Å². The second-order valence-electron chi connectivity index (χ2n) is 5.05. The normalized spacial score (nSPS) is 11.0. The van der Waals surface area contributed by atoms with E-state index in [-0.39, 0.29) is 5.56 Å². The summed E-state index contributed by atoms with van der Waals surface area (Å²) in [5.41, 5.74) is 3.06. The molecule has 0 bridgehead atoms. The number of benzene rings is 1. The number of hydrogen-bond donors (Lipinski definition) is 1. The van der Waals surface area contributed by atoms with Gasteiger partial charge >= 0.3 is 5.97 Å². The van der Waals surface area contributed by atoms with Gasteiger partial charge in [0.05, 0.1) is 0 Å². The molecular weight excluding hydrogens is 240 g/mol. The summed E-state index contributed by atoms with van der Waals surface area (Å²) in [5, 5.41) is 9.30. The molecule has 0 fully saturated rings. The summed E-state index contributed by atoms with van der Waals surface area (Å²) in [7, 11) is 0. The molecule has 1 aromatic carbocycles. The first-order valence-corrected chi connectivity index (χ1v) is 6.35. The zero-order valence-corrected chi connectivity index (χ0v) is 11.7. The van der Waals surface area contributed by atoms with E-state index in [0.717, 1.165) is 5.56 Å². The molecule has 1 aromatic heterocycles. The molecule has 0 atom stereocenters. The first-order valence-electron chi connectivity index (χ1n) is 6.35. The van der Waals surface area contributed by atoms with Crippen LogP contribution in [0.1, 0.15) is 47.2 Å². The Morgan fingerprint density at radius 2 is 1.68 bits per heavy atom. The first-order chi connectivity index (χ1) is 8.91. The standard InChI is InChI=1S/C16H18O3/c1-9(2)12-5-7-13(8-6-12)14-10(3)19-11(4)15(14)16(17)18/h5-9H,1-4H3,(H,17,18). The Bertz CT molecular complexity index is 604. The molecule has 2 aromatic rings. The molecule has 100 valence electrons. The Labute approximate surface area is 112 Å². The van der Waals surface area contributed by atoms with Crippen LogP contribution in [0.15, 0.2) is 28.7 Å². The van der Waals surface area contributed by atoms with E-state index in [9.17, 15) is 9.90 Å². The van der Waals surface area contributed by atoms with Crippen molar-refractivity contribution < 1.29 is 14.3 Å². The van der Waals surface area contributed by atoms with Crippen LogP contribution in [-0.4, -0.2) is 11.1 Å². The Kier molecular flexibility index (Phi) is 3.47.